The summed E-state index contributed by atoms with van der Waals surface area (Å²) in [4.78, 5) is 48.9. The number of fused-ring (bicyclic) bond motifs is 4. The molecule has 0 aromatic heterocycles. The third-order valence-electron chi connectivity index (χ3n) is 11.9. The van der Waals surface area contributed by atoms with Crippen molar-refractivity contribution in [3.8, 4) is 11.5 Å². The van der Waals surface area contributed by atoms with Gasteiger partial charge in [-0.1, -0.05) is 84.8 Å². The maximum absolute atomic E-state index is 16.9. The predicted molar refractivity (Wildman–Crippen MR) is 232 cm³/mol. The molecule has 1 spiro atoms. The van der Waals surface area contributed by atoms with Crippen LogP contribution in [0.15, 0.2) is 120 Å². The minimum absolute atomic E-state index is 0.0959. The Balaban J connectivity index is 1.33. The highest BCUT2D eigenvalue weighted by molar-refractivity contribution is 6.72. The SMILES string of the molecule is CC(C)=CCC/C(C)=C/CN1C(=O)[C@]2(O[C@H](CC(=O)N(CCO)Cc3ccccc3)[C@@H]([Si](C)(C)F)[C@@H]2C)c2cc(N3C(=O)c4ccccc4Oc4ccccc43)ccc21. The van der Waals surface area contributed by atoms with E-state index in [-0.39, 0.29) is 50.4 Å². The Bertz CT molecular complexity index is 2290. The summed E-state index contributed by atoms with van der Waals surface area (Å²) in [5.41, 5.74) is 3.42. The first-order valence-electron chi connectivity index (χ1n) is 20.5. The van der Waals surface area contributed by atoms with E-state index in [2.05, 4.69) is 32.9 Å². The van der Waals surface area contributed by atoms with E-state index in [0.717, 1.165) is 24.0 Å². The van der Waals surface area contributed by atoms with Crippen molar-refractivity contribution in [1.29, 1.82) is 0 Å². The fourth-order valence-corrected chi connectivity index (χ4v) is 11.6. The number of para-hydroxylation sites is 3. The second-order valence-corrected chi connectivity index (χ2v) is 20.5. The summed E-state index contributed by atoms with van der Waals surface area (Å²) in [7, 11) is -3.64. The molecule has 4 aromatic carbocycles. The van der Waals surface area contributed by atoms with Crippen molar-refractivity contribution in [2.75, 3.05) is 29.5 Å². The van der Waals surface area contributed by atoms with Crippen LogP contribution in [0.3, 0.4) is 0 Å². The van der Waals surface area contributed by atoms with Gasteiger partial charge in [0.15, 0.2) is 11.4 Å². The van der Waals surface area contributed by atoms with Gasteiger partial charge >= 0.3 is 0 Å². The van der Waals surface area contributed by atoms with E-state index in [0.29, 0.717) is 39.7 Å². The largest absolute Gasteiger partial charge is 0.454 e. The second kappa shape index (κ2) is 17.1. The van der Waals surface area contributed by atoms with Crippen molar-refractivity contribution < 1.29 is 33.1 Å². The fourth-order valence-electron chi connectivity index (χ4n) is 9.08. The normalized spacial score (nSPS) is 21.2. The summed E-state index contributed by atoms with van der Waals surface area (Å²) in [6.07, 6.45) is 4.86. The Morgan fingerprint density at radius 1 is 0.915 bits per heavy atom. The number of hydrogen-bond acceptors (Lipinski definition) is 6. The van der Waals surface area contributed by atoms with E-state index in [1.165, 1.54) is 5.57 Å². The van der Waals surface area contributed by atoms with E-state index in [1.54, 1.807) is 46.0 Å². The van der Waals surface area contributed by atoms with E-state index < -0.39 is 31.6 Å². The number of halogens is 1. The number of hydrogen-bond donors (Lipinski definition) is 1. The summed E-state index contributed by atoms with van der Waals surface area (Å²) in [6, 6.07) is 29.4. The van der Waals surface area contributed by atoms with Crippen LogP contribution in [-0.4, -0.2) is 61.9 Å². The molecule has 3 aliphatic heterocycles. The average Bonchev–Trinajstić information content (AvgIpc) is 3.58. The van der Waals surface area contributed by atoms with Gasteiger partial charge in [-0.2, -0.15) is 0 Å². The van der Waals surface area contributed by atoms with Gasteiger partial charge in [0.05, 0.1) is 36.1 Å². The number of allylic oxidation sites excluding steroid dienone is 3. The molecule has 0 saturated carbocycles. The van der Waals surface area contributed by atoms with E-state index in [9.17, 15) is 14.7 Å². The van der Waals surface area contributed by atoms with Gasteiger partial charge in [-0.05, 0) is 94.7 Å². The number of aliphatic hydroxyl groups excluding tert-OH is 1. The minimum atomic E-state index is -3.64. The zero-order valence-electron chi connectivity index (χ0n) is 34.8. The highest BCUT2D eigenvalue weighted by atomic mass is 28.4. The molecule has 0 radical (unpaired) electrons. The summed E-state index contributed by atoms with van der Waals surface area (Å²) in [6.45, 7) is 11.7. The zero-order chi connectivity index (χ0) is 42.1. The minimum Gasteiger partial charge on any atom is -0.454 e. The quantitative estimate of drug-likeness (QED) is 0.0820. The summed E-state index contributed by atoms with van der Waals surface area (Å²) >= 11 is 0. The van der Waals surface area contributed by atoms with Gasteiger partial charge in [0.2, 0.25) is 14.3 Å². The lowest BCUT2D eigenvalue weighted by atomic mass is 9.82. The Labute approximate surface area is 347 Å². The number of carbonyl (C=O) groups is 3. The Morgan fingerprint density at radius 2 is 1.61 bits per heavy atom. The van der Waals surface area contributed by atoms with Crippen LogP contribution in [0.1, 0.15) is 68.4 Å². The number of anilines is 3. The van der Waals surface area contributed by atoms with Crippen molar-refractivity contribution in [1.82, 2.24) is 4.90 Å². The molecule has 3 heterocycles. The van der Waals surface area contributed by atoms with Crippen LogP contribution >= 0.6 is 0 Å². The molecule has 0 unspecified atom stereocenters. The summed E-state index contributed by atoms with van der Waals surface area (Å²) in [5.74, 6) is -0.674. The topological polar surface area (TPSA) is 99.6 Å². The van der Waals surface area contributed by atoms with Gasteiger partial charge < -0.3 is 28.5 Å². The number of benzene rings is 4. The van der Waals surface area contributed by atoms with Gasteiger partial charge in [-0.3, -0.25) is 19.3 Å². The number of amides is 3. The highest BCUT2D eigenvalue weighted by Crippen LogP contribution is 2.61. The molecular weight excluding hydrogens is 762 g/mol. The first kappa shape index (κ1) is 41.8. The summed E-state index contributed by atoms with van der Waals surface area (Å²) < 4.78 is 30.2. The molecule has 0 bridgehead atoms. The van der Waals surface area contributed by atoms with E-state index in [1.807, 2.05) is 85.8 Å². The van der Waals surface area contributed by atoms with Crippen molar-refractivity contribution in [2.45, 2.75) is 83.8 Å². The van der Waals surface area contributed by atoms with Gasteiger partial charge in [-0.25, -0.2) is 0 Å². The monoisotopic (exact) mass is 815 g/mol. The Morgan fingerprint density at radius 3 is 2.32 bits per heavy atom. The molecule has 59 heavy (non-hydrogen) atoms. The number of rotatable bonds is 13. The van der Waals surface area contributed by atoms with Gasteiger partial charge in [-0.15, -0.1) is 0 Å². The van der Waals surface area contributed by atoms with Crippen LogP contribution in [0, 0.1) is 5.92 Å². The average molecular weight is 816 g/mol. The molecule has 0 aliphatic carbocycles. The van der Waals surface area contributed by atoms with E-state index in [4.69, 9.17) is 9.47 Å². The van der Waals surface area contributed by atoms with Gasteiger partial charge in [0, 0.05) is 42.3 Å². The Kier molecular flexibility index (Phi) is 12.1. The van der Waals surface area contributed by atoms with Crippen LogP contribution in [0.2, 0.25) is 18.6 Å². The first-order valence-corrected chi connectivity index (χ1v) is 23.4. The molecule has 3 aliphatic rings. The standard InChI is InChI=1S/C48H54FN3O6Si/c1-32(2)15-14-16-33(3)25-26-51-39-24-23-36(52-40-20-11-13-22-42(40)57-41-21-12-10-19-37(41)46(52)55)29-38(39)48(47(51)56)34(4)45(59(5,6)49)43(58-48)30-44(54)50(27-28-53)31-35-17-8-7-9-18-35/h7-13,15,17-25,29,34,43,45,53H,14,16,26-28,30-31H2,1-6H3/b33-25+/t34-,43+,45-,48+/m0/s1. The molecule has 308 valence electrons. The second-order valence-electron chi connectivity index (χ2n) is 16.7. The Hall–Kier alpha value is -5.36. The highest BCUT2D eigenvalue weighted by Gasteiger charge is 2.67. The number of carbonyl (C=O) groups excluding carboxylic acids is 3. The number of nitrogens with zero attached hydrogens (tertiary/aromatic N) is 3. The van der Waals surface area contributed by atoms with Crippen molar-refractivity contribution in [3.63, 3.8) is 0 Å². The van der Waals surface area contributed by atoms with Crippen molar-refractivity contribution >= 4 is 43.2 Å². The first-order chi connectivity index (χ1) is 28.2. The lowest BCUT2D eigenvalue weighted by molar-refractivity contribution is -0.149. The molecule has 11 heteroatoms. The van der Waals surface area contributed by atoms with Crippen molar-refractivity contribution in [2.24, 2.45) is 5.92 Å². The van der Waals surface area contributed by atoms with Crippen LogP contribution in [0.4, 0.5) is 21.2 Å². The van der Waals surface area contributed by atoms with Crippen LogP contribution in [0.25, 0.3) is 0 Å². The number of ether oxygens (including phenoxy) is 2. The number of aliphatic hydroxyl groups is 1. The molecule has 1 N–H and O–H groups in total. The van der Waals surface area contributed by atoms with Crippen LogP contribution in [-0.2, 0) is 26.5 Å². The zero-order valence-corrected chi connectivity index (χ0v) is 35.8. The maximum atomic E-state index is 16.9. The molecular formula is C48H54FN3O6Si. The van der Waals surface area contributed by atoms with Gasteiger partial charge in [0.25, 0.3) is 11.8 Å². The molecule has 4 aromatic rings. The molecule has 7 rings (SSSR count). The summed E-state index contributed by atoms with van der Waals surface area (Å²) in [5, 5.41) is 9.96. The van der Waals surface area contributed by atoms with Crippen LogP contribution < -0.4 is 14.5 Å². The van der Waals surface area contributed by atoms with Crippen molar-refractivity contribution in [3.05, 3.63) is 137 Å². The molecule has 9 nitrogen and oxygen atoms in total. The molecule has 3 amide bonds. The third kappa shape index (κ3) is 8.16. The molecule has 4 atom stereocenters. The lowest BCUT2D eigenvalue weighted by Gasteiger charge is -2.31. The van der Waals surface area contributed by atoms with Gasteiger partial charge in [0.1, 0.15) is 5.75 Å². The fraction of sp³-hybridized carbons (Fsp3) is 0.354. The molecule has 1 saturated heterocycles. The predicted octanol–water partition coefficient (Wildman–Crippen LogP) is 10.00. The van der Waals surface area contributed by atoms with E-state index >= 15 is 8.90 Å². The smallest absolute Gasteiger partial charge is 0.266 e. The van der Waals surface area contributed by atoms with Crippen LogP contribution in [0.5, 0.6) is 11.5 Å². The maximum Gasteiger partial charge on any atom is 0.266 e. The third-order valence-corrected chi connectivity index (χ3v) is 14.3. The molecule has 1 fully saturated rings. The lowest BCUT2D eigenvalue weighted by Crippen LogP contribution is -2.45.